The highest BCUT2D eigenvalue weighted by atomic mass is 16.5. The third-order valence-corrected chi connectivity index (χ3v) is 2.81. The van der Waals surface area contributed by atoms with Crippen LogP contribution in [0.2, 0.25) is 0 Å². The molecule has 0 saturated carbocycles. The van der Waals surface area contributed by atoms with Gasteiger partial charge in [0.2, 0.25) is 0 Å². The number of rotatable bonds is 8. The van der Waals surface area contributed by atoms with Crippen molar-refractivity contribution in [2.24, 2.45) is 0 Å². The Bertz CT molecular complexity index is 369. The standard InChI is InChI=1S/C16H24O2/c1-4-5-6-7-11-15(17)14-10-8-9-12-16(14)18-13(2)3/h8-10,12-13H,4-7,11H2,1-3H3. The van der Waals surface area contributed by atoms with Gasteiger partial charge in [-0.05, 0) is 32.4 Å². The molecule has 100 valence electrons. The minimum absolute atomic E-state index is 0.0963. The molecule has 0 unspecified atom stereocenters. The first-order chi connectivity index (χ1) is 8.65. The van der Waals surface area contributed by atoms with Crippen LogP contribution in [0.5, 0.6) is 5.75 Å². The quantitative estimate of drug-likeness (QED) is 0.495. The number of unbranched alkanes of at least 4 members (excludes halogenated alkanes) is 3. The smallest absolute Gasteiger partial charge is 0.166 e. The molecular formula is C16H24O2. The van der Waals surface area contributed by atoms with Gasteiger partial charge in [-0.25, -0.2) is 0 Å². The average molecular weight is 248 g/mol. The number of carbonyl (C=O) groups excluding carboxylic acids is 1. The molecule has 0 aliphatic rings. The van der Waals surface area contributed by atoms with Gasteiger partial charge in [-0.1, -0.05) is 38.3 Å². The van der Waals surface area contributed by atoms with E-state index in [9.17, 15) is 4.79 Å². The van der Waals surface area contributed by atoms with Gasteiger partial charge in [-0.3, -0.25) is 4.79 Å². The van der Waals surface area contributed by atoms with E-state index in [1.807, 2.05) is 38.1 Å². The Kier molecular flexibility index (Phi) is 6.48. The Labute approximate surface area is 110 Å². The van der Waals surface area contributed by atoms with Gasteiger partial charge >= 0.3 is 0 Å². The van der Waals surface area contributed by atoms with Gasteiger partial charge in [-0.2, -0.15) is 0 Å². The third kappa shape index (κ3) is 4.91. The fourth-order valence-corrected chi connectivity index (χ4v) is 1.90. The van der Waals surface area contributed by atoms with Gasteiger partial charge in [0.15, 0.2) is 5.78 Å². The van der Waals surface area contributed by atoms with Crippen molar-refractivity contribution in [2.75, 3.05) is 0 Å². The summed E-state index contributed by atoms with van der Waals surface area (Å²) in [5, 5.41) is 0. The molecule has 0 amide bonds. The summed E-state index contributed by atoms with van der Waals surface area (Å²) >= 11 is 0. The first kappa shape index (κ1) is 14.7. The van der Waals surface area contributed by atoms with Gasteiger partial charge in [0.25, 0.3) is 0 Å². The Morgan fingerprint density at radius 2 is 1.89 bits per heavy atom. The van der Waals surface area contributed by atoms with Gasteiger partial charge in [0.1, 0.15) is 5.75 Å². The summed E-state index contributed by atoms with van der Waals surface area (Å²) in [5.41, 5.74) is 0.725. The van der Waals surface area contributed by atoms with Gasteiger partial charge < -0.3 is 4.74 Å². The molecule has 0 heterocycles. The van der Waals surface area contributed by atoms with Crippen molar-refractivity contribution >= 4 is 5.78 Å². The molecule has 0 aliphatic heterocycles. The van der Waals surface area contributed by atoms with Crippen molar-refractivity contribution in [2.45, 2.75) is 59.0 Å². The summed E-state index contributed by atoms with van der Waals surface area (Å²) in [5.74, 6) is 0.912. The predicted octanol–water partition coefficient (Wildman–Crippen LogP) is 4.63. The second kappa shape index (κ2) is 7.91. The van der Waals surface area contributed by atoms with Gasteiger partial charge in [0.05, 0.1) is 11.7 Å². The number of Topliss-reactive ketones (excluding diaryl/α,β-unsaturated/α-hetero) is 1. The number of benzene rings is 1. The summed E-state index contributed by atoms with van der Waals surface area (Å²) in [6.45, 7) is 6.12. The molecule has 0 fully saturated rings. The normalized spacial score (nSPS) is 10.7. The number of hydrogen-bond acceptors (Lipinski definition) is 2. The highest BCUT2D eigenvalue weighted by Crippen LogP contribution is 2.21. The molecule has 2 nitrogen and oxygen atoms in total. The summed E-state index contributed by atoms with van der Waals surface area (Å²) < 4.78 is 5.67. The summed E-state index contributed by atoms with van der Waals surface area (Å²) in [7, 11) is 0. The van der Waals surface area contributed by atoms with Crippen molar-refractivity contribution in [3.05, 3.63) is 29.8 Å². The zero-order valence-electron chi connectivity index (χ0n) is 11.7. The van der Waals surface area contributed by atoms with Crippen molar-refractivity contribution in [1.82, 2.24) is 0 Å². The topological polar surface area (TPSA) is 26.3 Å². The molecule has 0 saturated heterocycles. The fraction of sp³-hybridized carbons (Fsp3) is 0.562. The highest BCUT2D eigenvalue weighted by molar-refractivity contribution is 5.98. The van der Waals surface area contributed by atoms with Crippen molar-refractivity contribution in [1.29, 1.82) is 0 Å². The zero-order chi connectivity index (χ0) is 13.4. The number of ether oxygens (including phenoxy) is 1. The van der Waals surface area contributed by atoms with Crippen LogP contribution in [0.15, 0.2) is 24.3 Å². The Morgan fingerprint density at radius 3 is 2.56 bits per heavy atom. The number of para-hydroxylation sites is 1. The molecule has 18 heavy (non-hydrogen) atoms. The molecule has 0 atom stereocenters. The molecule has 0 spiro atoms. The van der Waals surface area contributed by atoms with Crippen LogP contribution in [0.1, 0.15) is 63.2 Å². The van der Waals surface area contributed by atoms with Crippen LogP contribution in [0.25, 0.3) is 0 Å². The first-order valence-corrected chi connectivity index (χ1v) is 6.94. The average Bonchev–Trinajstić information content (AvgIpc) is 2.34. The monoisotopic (exact) mass is 248 g/mol. The molecule has 1 aromatic rings. The molecule has 0 radical (unpaired) electrons. The first-order valence-electron chi connectivity index (χ1n) is 6.94. The van der Waals surface area contributed by atoms with E-state index in [0.29, 0.717) is 12.2 Å². The van der Waals surface area contributed by atoms with E-state index >= 15 is 0 Å². The van der Waals surface area contributed by atoms with Crippen LogP contribution in [-0.2, 0) is 0 Å². The SMILES string of the molecule is CCCCCCC(=O)c1ccccc1OC(C)C. The zero-order valence-corrected chi connectivity index (χ0v) is 11.7. The molecule has 1 rings (SSSR count). The summed E-state index contributed by atoms with van der Waals surface area (Å²) in [4.78, 5) is 12.1. The lowest BCUT2D eigenvalue weighted by Gasteiger charge is -2.13. The minimum atomic E-state index is 0.0963. The van der Waals surface area contributed by atoms with E-state index in [2.05, 4.69) is 6.92 Å². The number of ketones is 1. The third-order valence-electron chi connectivity index (χ3n) is 2.81. The molecule has 0 N–H and O–H groups in total. The van der Waals surface area contributed by atoms with Crippen LogP contribution < -0.4 is 4.74 Å². The molecular weight excluding hydrogens is 224 g/mol. The lowest BCUT2D eigenvalue weighted by Crippen LogP contribution is -2.10. The van der Waals surface area contributed by atoms with Gasteiger partial charge in [-0.15, -0.1) is 0 Å². The van der Waals surface area contributed by atoms with Crippen molar-refractivity contribution in [3.8, 4) is 5.75 Å². The van der Waals surface area contributed by atoms with Crippen LogP contribution in [0.4, 0.5) is 0 Å². The Morgan fingerprint density at radius 1 is 1.17 bits per heavy atom. The molecule has 0 aliphatic carbocycles. The molecule has 0 bridgehead atoms. The predicted molar refractivity (Wildman–Crippen MR) is 75.3 cm³/mol. The maximum Gasteiger partial charge on any atom is 0.166 e. The fourth-order valence-electron chi connectivity index (χ4n) is 1.90. The second-order valence-electron chi connectivity index (χ2n) is 4.90. The van der Waals surface area contributed by atoms with Crippen molar-refractivity contribution in [3.63, 3.8) is 0 Å². The highest BCUT2D eigenvalue weighted by Gasteiger charge is 2.12. The molecule has 0 aromatic heterocycles. The van der Waals surface area contributed by atoms with Crippen molar-refractivity contribution < 1.29 is 9.53 Å². The van der Waals surface area contributed by atoms with E-state index < -0.39 is 0 Å². The molecule has 1 aromatic carbocycles. The number of hydrogen-bond donors (Lipinski definition) is 0. The Hall–Kier alpha value is -1.31. The van der Waals surface area contributed by atoms with Crippen LogP contribution in [0, 0.1) is 0 Å². The van der Waals surface area contributed by atoms with Gasteiger partial charge in [0, 0.05) is 6.42 Å². The maximum absolute atomic E-state index is 12.1. The lowest BCUT2D eigenvalue weighted by molar-refractivity contribution is 0.0973. The van der Waals surface area contributed by atoms with Crippen LogP contribution in [-0.4, -0.2) is 11.9 Å². The van der Waals surface area contributed by atoms with Crippen LogP contribution in [0.3, 0.4) is 0 Å². The summed E-state index contributed by atoms with van der Waals surface area (Å²) in [6, 6.07) is 7.54. The van der Waals surface area contributed by atoms with E-state index in [1.54, 1.807) is 0 Å². The lowest BCUT2D eigenvalue weighted by atomic mass is 10.0. The van der Waals surface area contributed by atoms with E-state index in [1.165, 1.54) is 12.8 Å². The van der Waals surface area contributed by atoms with E-state index in [0.717, 1.165) is 18.4 Å². The minimum Gasteiger partial charge on any atom is -0.490 e. The largest absolute Gasteiger partial charge is 0.490 e. The van der Waals surface area contributed by atoms with E-state index in [4.69, 9.17) is 4.74 Å². The van der Waals surface area contributed by atoms with E-state index in [-0.39, 0.29) is 11.9 Å². The Balaban J connectivity index is 2.61. The van der Waals surface area contributed by atoms with Crippen LogP contribution >= 0.6 is 0 Å². The summed E-state index contributed by atoms with van der Waals surface area (Å²) in [6.07, 6.45) is 5.23. The number of carbonyl (C=O) groups is 1. The second-order valence-corrected chi connectivity index (χ2v) is 4.90. The maximum atomic E-state index is 12.1. The molecule has 2 heteroatoms.